The fourth-order valence-corrected chi connectivity index (χ4v) is 3.62. The Kier molecular flexibility index (Phi) is 3.28. The molecule has 1 N–H and O–H groups in total. The van der Waals surface area contributed by atoms with Gasteiger partial charge in [-0.1, -0.05) is 11.6 Å². The first-order chi connectivity index (χ1) is 9.06. The molecule has 0 atom stereocenters. The summed E-state index contributed by atoms with van der Waals surface area (Å²) in [5.74, 6) is 0.0743. The topological polar surface area (TPSA) is 39.3 Å². The van der Waals surface area contributed by atoms with Crippen molar-refractivity contribution in [3.63, 3.8) is 0 Å². The molecule has 0 radical (unpaired) electrons. The number of aromatic nitrogens is 1. The molecule has 0 saturated carbocycles. The number of nitrogens with one attached hydrogen (secondary N) is 1. The number of nitrogens with zero attached hydrogens (tertiary/aromatic N) is 2. The first kappa shape index (κ1) is 13.0. The first-order valence-electron chi connectivity index (χ1n) is 6.31. The maximum absolute atomic E-state index is 12.4. The van der Waals surface area contributed by atoms with Gasteiger partial charge < -0.3 is 14.8 Å². The molecule has 0 aromatic carbocycles. The molecule has 2 aromatic heterocycles. The van der Waals surface area contributed by atoms with E-state index in [1.165, 1.54) is 0 Å². The summed E-state index contributed by atoms with van der Waals surface area (Å²) in [4.78, 5) is 21.8. The van der Waals surface area contributed by atoms with Crippen molar-refractivity contribution in [1.29, 1.82) is 0 Å². The predicted octanol–water partition coefficient (Wildman–Crippen LogP) is 2.58. The fraction of sp³-hybridized carbons (Fsp3) is 0.462. The highest BCUT2D eigenvalue weighted by molar-refractivity contribution is 7.19. The normalized spacial score (nSPS) is 17.3. The second-order valence-electron chi connectivity index (χ2n) is 4.99. The highest BCUT2D eigenvalue weighted by atomic mass is 35.5. The van der Waals surface area contributed by atoms with Gasteiger partial charge in [0.25, 0.3) is 5.91 Å². The number of piperazine rings is 1. The van der Waals surface area contributed by atoms with E-state index >= 15 is 0 Å². The standard InChI is InChI=1S/C13H16ClN3OS/c1-8-11(14)9-7-10(15-12(9)19-8)13(18)17-5-3-16(2)4-6-17/h7,15H,3-6H2,1-2H3. The van der Waals surface area contributed by atoms with Crippen LogP contribution in [0, 0.1) is 6.92 Å². The van der Waals surface area contributed by atoms with Crippen molar-refractivity contribution >= 4 is 39.1 Å². The summed E-state index contributed by atoms with van der Waals surface area (Å²) in [6, 6.07) is 1.88. The Labute approximate surface area is 120 Å². The zero-order valence-corrected chi connectivity index (χ0v) is 12.6. The van der Waals surface area contributed by atoms with Gasteiger partial charge in [0.15, 0.2) is 0 Å². The van der Waals surface area contributed by atoms with Gasteiger partial charge in [-0.05, 0) is 20.0 Å². The van der Waals surface area contributed by atoms with E-state index in [0.29, 0.717) is 5.69 Å². The van der Waals surface area contributed by atoms with Crippen molar-refractivity contribution in [3.8, 4) is 0 Å². The van der Waals surface area contributed by atoms with Gasteiger partial charge in [0.1, 0.15) is 10.5 Å². The number of halogens is 1. The molecule has 0 bridgehead atoms. The maximum atomic E-state index is 12.4. The number of rotatable bonds is 1. The van der Waals surface area contributed by atoms with Gasteiger partial charge >= 0.3 is 0 Å². The fourth-order valence-electron chi connectivity index (χ4n) is 2.36. The number of fused-ring (bicyclic) bond motifs is 1. The van der Waals surface area contributed by atoms with E-state index in [1.807, 2.05) is 17.9 Å². The minimum Gasteiger partial charge on any atom is -0.342 e. The molecule has 19 heavy (non-hydrogen) atoms. The minimum atomic E-state index is 0.0743. The molecule has 1 aliphatic heterocycles. The number of H-pyrrole nitrogens is 1. The molecule has 3 rings (SSSR count). The van der Waals surface area contributed by atoms with Crippen LogP contribution in [0.25, 0.3) is 10.2 Å². The van der Waals surface area contributed by atoms with Gasteiger partial charge in [-0.25, -0.2) is 0 Å². The summed E-state index contributed by atoms with van der Waals surface area (Å²) in [7, 11) is 2.08. The van der Waals surface area contributed by atoms with Crippen molar-refractivity contribution in [3.05, 3.63) is 21.7 Å². The third kappa shape index (κ3) is 2.26. The molecule has 1 fully saturated rings. The van der Waals surface area contributed by atoms with E-state index in [0.717, 1.165) is 46.3 Å². The molecule has 6 heteroatoms. The van der Waals surface area contributed by atoms with Crippen LogP contribution in [0.3, 0.4) is 0 Å². The molecular formula is C13H16ClN3OS. The maximum Gasteiger partial charge on any atom is 0.270 e. The number of carbonyl (C=O) groups excluding carboxylic acids is 1. The zero-order chi connectivity index (χ0) is 13.6. The Morgan fingerprint density at radius 1 is 1.37 bits per heavy atom. The van der Waals surface area contributed by atoms with Gasteiger partial charge in [0.2, 0.25) is 0 Å². The van der Waals surface area contributed by atoms with Crippen molar-refractivity contribution in [2.75, 3.05) is 33.2 Å². The van der Waals surface area contributed by atoms with Crippen LogP contribution < -0.4 is 0 Å². The van der Waals surface area contributed by atoms with Crippen LogP contribution >= 0.6 is 22.9 Å². The smallest absolute Gasteiger partial charge is 0.270 e. The lowest BCUT2D eigenvalue weighted by Crippen LogP contribution is -2.47. The summed E-state index contributed by atoms with van der Waals surface area (Å²) in [6.07, 6.45) is 0. The molecule has 0 spiro atoms. The van der Waals surface area contributed by atoms with Gasteiger partial charge in [-0.15, -0.1) is 11.3 Å². The van der Waals surface area contributed by atoms with Crippen LogP contribution in [0.5, 0.6) is 0 Å². The Hall–Kier alpha value is -1.04. The molecule has 0 unspecified atom stereocenters. The van der Waals surface area contributed by atoms with Crippen molar-refractivity contribution in [2.24, 2.45) is 0 Å². The summed E-state index contributed by atoms with van der Waals surface area (Å²) in [5.41, 5.74) is 0.646. The number of likely N-dealkylation sites (N-methyl/N-ethyl adjacent to an activating group) is 1. The monoisotopic (exact) mass is 297 g/mol. The molecule has 1 amide bonds. The molecular weight excluding hydrogens is 282 g/mol. The summed E-state index contributed by atoms with van der Waals surface area (Å²) in [6.45, 7) is 5.42. The lowest BCUT2D eigenvalue weighted by atomic mass is 10.2. The Bertz CT molecular complexity index is 625. The minimum absolute atomic E-state index is 0.0743. The average Bonchev–Trinajstić information content (AvgIpc) is 2.91. The lowest BCUT2D eigenvalue weighted by molar-refractivity contribution is 0.0659. The first-order valence-corrected chi connectivity index (χ1v) is 7.51. The molecule has 0 aliphatic carbocycles. The van der Waals surface area contributed by atoms with Gasteiger partial charge in [0, 0.05) is 36.4 Å². The van der Waals surface area contributed by atoms with Gasteiger partial charge in [-0.3, -0.25) is 4.79 Å². The van der Waals surface area contributed by atoms with E-state index in [2.05, 4.69) is 16.9 Å². The zero-order valence-electron chi connectivity index (χ0n) is 11.0. The lowest BCUT2D eigenvalue weighted by Gasteiger charge is -2.32. The van der Waals surface area contributed by atoms with Gasteiger partial charge in [0.05, 0.1) is 5.02 Å². The Morgan fingerprint density at radius 3 is 2.68 bits per heavy atom. The van der Waals surface area contributed by atoms with E-state index < -0.39 is 0 Å². The van der Waals surface area contributed by atoms with E-state index in [9.17, 15) is 4.79 Å². The summed E-state index contributed by atoms with van der Waals surface area (Å²) in [5, 5.41) is 1.72. The third-order valence-corrected chi connectivity index (χ3v) is 5.24. The largest absolute Gasteiger partial charge is 0.342 e. The van der Waals surface area contributed by atoms with Crippen molar-refractivity contribution < 1.29 is 4.79 Å². The molecule has 102 valence electrons. The molecule has 3 heterocycles. The van der Waals surface area contributed by atoms with Crippen molar-refractivity contribution in [1.82, 2.24) is 14.8 Å². The highest BCUT2D eigenvalue weighted by Crippen LogP contribution is 2.35. The third-order valence-electron chi connectivity index (χ3n) is 3.60. The number of amides is 1. The van der Waals surface area contributed by atoms with Crippen LogP contribution in [0.15, 0.2) is 6.07 Å². The Morgan fingerprint density at radius 2 is 2.05 bits per heavy atom. The number of aryl methyl sites for hydroxylation is 1. The SMILES string of the molecule is Cc1sc2[nH]c(C(=O)N3CCN(C)CC3)cc2c1Cl. The average molecular weight is 298 g/mol. The Balaban J connectivity index is 1.85. The number of carbonyl (C=O) groups is 1. The van der Waals surface area contributed by atoms with Crippen LogP contribution in [-0.4, -0.2) is 53.9 Å². The van der Waals surface area contributed by atoms with Crippen LogP contribution in [-0.2, 0) is 0 Å². The second kappa shape index (κ2) is 4.81. The highest BCUT2D eigenvalue weighted by Gasteiger charge is 2.22. The number of hydrogen-bond donors (Lipinski definition) is 1. The van der Waals surface area contributed by atoms with E-state index in [4.69, 9.17) is 11.6 Å². The number of aromatic amines is 1. The molecule has 4 nitrogen and oxygen atoms in total. The summed E-state index contributed by atoms with van der Waals surface area (Å²) >= 11 is 7.82. The van der Waals surface area contributed by atoms with E-state index in [1.54, 1.807) is 11.3 Å². The van der Waals surface area contributed by atoms with Crippen LogP contribution in [0.1, 0.15) is 15.4 Å². The molecule has 2 aromatic rings. The number of hydrogen-bond acceptors (Lipinski definition) is 3. The molecule has 1 aliphatic rings. The van der Waals surface area contributed by atoms with E-state index in [-0.39, 0.29) is 5.91 Å². The van der Waals surface area contributed by atoms with Crippen molar-refractivity contribution in [2.45, 2.75) is 6.92 Å². The predicted molar refractivity (Wildman–Crippen MR) is 79.3 cm³/mol. The molecule has 1 saturated heterocycles. The van der Waals surface area contributed by atoms with Crippen LogP contribution in [0.2, 0.25) is 5.02 Å². The van der Waals surface area contributed by atoms with Gasteiger partial charge in [-0.2, -0.15) is 0 Å². The quantitative estimate of drug-likeness (QED) is 0.879. The van der Waals surface area contributed by atoms with Crippen LogP contribution in [0.4, 0.5) is 0 Å². The summed E-state index contributed by atoms with van der Waals surface area (Å²) < 4.78 is 0. The second-order valence-corrected chi connectivity index (χ2v) is 6.60. The number of thiophene rings is 1.